The molecule has 0 aromatic heterocycles. The quantitative estimate of drug-likeness (QED) is 0.836. The van der Waals surface area contributed by atoms with Gasteiger partial charge in [0.05, 0.1) is 13.1 Å². The molecule has 2 rings (SSSR count). The minimum atomic E-state index is -0.625. The first-order valence-electron chi connectivity index (χ1n) is 7.51. The molecule has 1 aliphatic heterocycles. The summed E-state index contributed by atoms with van der Waals surface area (Å²) in [5.74, 6) is 1.25. The Kier molecular flexibility index (Phi) is 4.31. The van der Waals surface area contributed by atoms with Crippen LogP contribution < -0.4 is 0 Å². The lowest BCUT2D eigenvalue weighted by atomic mass is 9.82. The zero-order valence-corrected chi connectivity index (χ0v) is 11.8. The molecule has 1 amide bonds. The summed E-state index contributed by atoms with van der Waals surface area (Å²) in [7, 11) is 0. The van der Waals surface area contributed by atoms with Crippen molar-refractivity contribution in [1.82, 2.24) is 4.90 Å². The van der Waals surface area contributed by atoms with Gasteiger partial charge in [-0.05, 0) is 18.3 Å². The lowest BCUT2D eigenvalue weighted by Gasteiger charge is -2.49. The third kappa shape index (κ3) is 3.05. The van der Waals surface area contributed by atoms with E-state index < -0.39 is 5.60 Å². The zero-order chi connectivity index (χ0) is 13.2. The molecule has 3 nitrogen and oxygen atoms in total. The molecular weight excluding hydrogens is 226 g/mol. The van der Waals surface area contributed by atoms with Crippen molar-refractivity contribution in [2.75, 3.05) is 13.1 Å². The van der Waals surface area contributed by atoms with Gasteiger partial charge in [-0.15, -0.1) is 0 Å². The van der Waals surface area contributed by atoms with Crippen LogP contribution in [0.1, 0.15) is 58.8 Å². The topological polar surface area (TPSA) is 40.5 Å². The van der Waals surface area contributed by atoms with Crippen molar-refractivity contribution in [3.05, 3.63) is 0 Å². The van der Waals surface area contributed by atoms with Gasteiger partial charge in [-0.25, -0.2) is 0 Å². The normalized spacial score (nSPS) is 24.1. The Bertz CT molecular complexity index is 289. The van der Waals surface area contributed by atoms with Gasteiger partial charge in [0.25, 0.3) is 0 Å². The summed E-state index contributed by atoms with van der Waals surface area (Å²) in [5, 5.41) is 10.1. The number of likely N-dealkylation sites (tertiary alicyclic amines) is 1. The molecule has 0 unspecified atom stereocenters. The fourth-order valence-electron chi connectivity index (χ4n) is 3.12. The van der Waals surface area contributed by atoms with E-state index in [0.717, 1.165) is 12.3 Å². The van der Waals surface area contributed by atoms with Gasteiger partial charge in [0.2, 0.25) is 5.91 Å². The molecule has 1 heterocycles. The Morgan fingerprint density at radius 3 is 2.44 bits per heavy atom. The van der Waals surface area contributed by atoms with E-state index in [1.807, 2.05) is 18.7 Å². The molecule has 3 heteroatoms. The molecule has 18 heavy (non-hydrogen) atoms. The molecule has 1 saturated heterocycles. The van der Waals surface area contributed by atoms with Gasteiger partial charge in [-0.2, -0.15) is 0 Å². The van der Waals surface area contributed by atoms with Gasteiger partial charge in [0, 0.05) is 6.42 Å². The predicted octanol–water partition coefficient (Wildman–Crippen LogP) is 2.58. The Morgan fingerprint density at radius 2 is 1.89 bits per heavy atom. The van der Waals surface area contributed by atoms with Gasteiger partial charge in [0.15, 0.2) is 0 Å². The van der Waals surface area contributed by atoms with Crippen LogP contribution in [-0.2, 0) is 4.79 Å². The molecular formula is C15H27NO2. The van der Waals surface area contributed by atoms with Crippen LogP contribution in [0.2, 0.25) is 0 Å². The maximum absolute atomic E-state index is 12.0. The summed E-state index contributed by atoms with van der Waals surface area (Å²) < 4.78 is 0. The highest BCUT2D eigenvalue weighted by atomic mass is 16.3. The summed E-state index contributed by atoms with van der Waals surface area (Å²) in [6.07, 6.45) is 8.41. The van der Waals surface area contributed by atoms with Crippen LogP contribution in [0.3, 0.4) is 0 Å². The SMILES string of the molecule is CC(C)C1(O)CN(C(=O)CCC2CCCCC2)C1. The van der Waals surface area contributed by atoms with E-state index in [1.165, 1.54) is 32.1 Å². The van der Waals surface area contributed by atoms with Crippen molar-refractivity contribution in [3.63, 3.8) is 0 Å². The van der Waals surface area contributed by atoms with E-state index in [-0.39, 0.29) is 11.8 Å². The molecule has 0 aromatic rings. The second kappa shape index (κ2) is 5.60. The second-order valence-electron chi connectivity index (χ2n) is 6.55. The molecule has 1 aliphatic carbocycles. The van der Waals surface area contributed by atoms with Crippen molar-refractivity contribution in [2.24, 2.45) is 11.8 Å². The maximum atomic E-state index is 12.0. The first-order chi connectivity index (χ1) is 8.51. The van der Waals surface area contributed by atoms with E-state index in [2.05, 4.69) is 0 Å². The van der Waals surface area contributed by atoms with E-state index >= 15 is 0 Å². The van der Waals surface area contributed by atoms with Crippen LogP contribution in [0.25, 0.3) is 0 Å². The van der Waals surface area contributed by atoms with E-state index in [9.17, 15) is 9.90 Å². The Hall–Kier alpha value is -0.570. The Balaban J connectivity index is 1.67. The molecule has 2 aliphatic rings. The molecule has 104 valence electrons. The number of carbonyl (C=O) groups excluding carboxylic acids is 1. The highest BCUT2D eigenvalue weighted by Gasteiger charge is 2.45. The van der Waals surface area contributed by atoms with Crippen molar-refractivity contribution in [1.29, 1.82) is 0 Å². The van der Waals surface area contributed by atoms with E-state index in [4.69, 9.17) is 0 Å². The lowest BCUT2D eigenvalue weighted by Crippen LogP contribution is -2.65. The van der Waals surface area contributed by atoms with Crippen LogP contribution in [0.4, 0.5) is 0 Å². The van der Waals surface area contributed by atoms with Gasteiger partial charge < -0.3 is 10.0 Å². The number of rotatable bonds is 4. The van der Waals surface area contributed by atoms with Crippen LogP contribution in [-0.4, -0.2) is 34.6 Å². The number of carbonyl (C=O) groups is 1. The minimum absolute atomic E-state index is 0.236. The van der Waals surface area contributed by atoms with Gasteiger partial charge in [-0.1, -0.05) is 46.0 Å². The van der Waals surface area contributed by atoms with Gasteiger partial charge >= 0.3 is 0 Å². The van der Waals surface area contributed by atoms with Crippen LogP contribution in [0.5, 0.6) is 0 Å². The first-order valence-corrected chi connectivity index (χ1v) is 7.51. The summed E-state index contributed by atoms with van der Waals surface area (Å²) in [6, 6.07) is 0. The summed E-state index contributed by atoms with van der Waals surface area (Å²) in [5.41, 5.74) is -0.625. The largest absolute Gasteiger partial charge is 0.386 e. The number of aliphatic hydroxyl groups is 1. The molecule has 1 N–H and O–H groups in total. The average Bonchev–Trinajstić information content (AvgIpc) is 2.33. The third-order valence-electron chi connectivity index (χ3n) is 4.85. The minimum Gasteiger partial charge on any atom is -0.386 e. The number of β-amino-alcohol motifs (C(OH)–C–C–N with tert-alkyl or cyclic N) is 1. The van der Waals surface area contributed by atoms with Gasteiger partial charge in [-0.3, -0.25) is 4.79 Å². The third-order valence-corrected chi connectivity index (χ3v) is 4.85. The number of amides is 1. The molecule has 0 spiro atoms. The molecule has 0 aromatic carbocycles. The predicted molar refractivity (Wildman–Crippen MR) is 72.2 cm³/mol. The highest BCUT2D eigenvalue weighted by molar-refractivity contribution is 5.77. The van der Waals surface area contributed by atoms with E-state index in [1.54, 1.807) is 0 Å². The average molecular weight is 253 g/mol. The number of nitrogens with zero attached hydrogens (tertiary/aromatic N) is 1. The van der Waals surface area contributed by atoms with E-state index in [0.29, 0.717) is 19.5 Å². The van der Waals surface area contributed by atoms with Crippen molar-refractivity contribution < 1.29 is 9.90 Å². The maximum Gasteiger partial charge on any atom is 0.222 e. The summed E-state index contributed by atoms with van der Waals surface area (Å²) in [4.78, 5) is 13.8. The van der Waals surface area contributed by atoms with Crippen molar-refractivity contribution >= 4 is 5.91 Å². The fourth-order valence-corrected chi connectivity index (χ4v) is 3.12. The number of hydrogen-bond donors (Lipinski definition) is 1. The molecule has 1 saturated carbocycles. The first kappa shape index (κ1) is 13.9. The van der Waals surface area contributed by atoms with Crippen molar-refractivity contribution in [3.8, 4) is 0 Å². The molecule has 2 fully saturated rings. The smallest absolute Gasteiger partial charge is 0.222 e. The fraction of sp³-hybridized carbons (Fsp3) is 0.933. The highest BCUT2D eigenvalue weighted by Crippen LogP contribution is 2.31. The summed E-state index contributed by atoms with van der Waals surface area (Å²) in [6.45, 7) is 5.11. The Morgan fingerprint density at radius 1 is 1.28 bits per heavy atom. The van der Waals surface area contributed by atoms with Crippen LogP contribution >= 0.6 is 0 Å². The zero-order valence-electron chi connectivity index (χ0n) is 11.8. The summed E-state index contributed by atoms with van der Waals surface area (Å²) >= 11 is 0. The van der Waals surface area contributed by atoms with Crippen LogP contribution in [0, 0.1) is 11.8 Å². The van der Waals surface area contributed by atoms with Crippen LogP contribution in [0.15, 0.2) is 0 Å². The molecule has 0 bridgehead atoms. The standard InChI is InChI=1S/C15H27NO2/c1-12(2)15(18)10-16(11-15)14(17)9-8-13-6-4-3-5-7-13/h12-13,18H,3-11H2,1-2H3. The number of hydrogen-bond acceptors (Lipinski definition) is 2. The second-order valence-corrected chi connectivity index (χ2v) is 6.55. The Labute approximate surface area is 111 Å². The molecule has 0 atom stereocenters. The lowest BCUT2D eigenvalue weighted by molar-refractivity contribution is -0.164. The van der Waals surface area contributed by atoms with Crippen molar-refractivity contribution in [2.45, 2.75) is 64.4 Å². The monoisotopic (exact) mass is 253 g/mol. The van der Waals surface area contributed by atoms with Gasteiger partial charge in [0.1, 0.15) is 5.60 Å². The molecule has 0 radical (unpaired) electrons.